The summed E-state index contributed by atoms with van der Waals surface area (Å²) in [6.45, 7) is 3.23. The van der Waals surface area contributed by atoms with Crippen molar-refractivity contribution in [3.05, 3.63) is 35.9 Å². The number of amides is 1. The second-order valence-corrected chi connectivity index (χ2v) is 5.12. The van der Waals surface area contributed by atoms with Gasteiger partial charge >= 0.3 is 0 Å². The Morgan fingerprint density at radius 1 is 1.42 bits per heavy atom. The van der Waals surface area contributed by atoms with E-state index < -0.39 is 0 Å². The number of carbonyl (C=O) groups excluding carboxylic acids is 1. The average molecular weight is 262 g/mol. The van der Waals surface area contributed by atoms with Crippen LogP contribution in [0, 0.1) is 0 Å². The van der Waals surface area contributed by atoms with Crippen molar-refractivity contribution in [2.45, 2.75) is 37.9 Å². The molecule has 0 radical (unpaired) electrons. The number of nitrogens with two attached hydrogens (primary N) is 1. The molecule has 19 heavy (non-hydrogen) atoms. The van der Waals surface area contributed by atoms with Gasteiger partial charge in [-0.2, -0.15) is 0 Å². The number of benzene rings is 1. The van der Waals surface area contributed by atoms with Gasteiger partial charge in [-0.25, -0.2) is 0 Å². The molecule has 0 aromatic heterocycles. The van der Waals surface area contributed by atoms with E-state index in [4.69, 9.17) is 10.5 Å². The van der Waals surface area contributed by atoms with Crippen molar-refractivity contribution < 1.29 is 9.53 Å². The highest BCUT2D eigenvalue weighted by Gasteiger charge is 2.29. The Hall–Kier alpha value is -1.39. The molecule has 1 aromatic rings. The summed E-state index contributed by atoms with van der Waals surface area (Å²) in [7, 11) is 0. The first-order valence-corrected chi connectivity index (χ1v) is 6.89. The first-order chi connectivity index (χ1) is 9.20. The van der Waals surface area contributed by atoms with E-state index in [1.165, 1.54) is 5.56 Å². The van der Waals surface area contributed by atoms with Gasteiger partial charge in [0.2, 0.25) is 5.91 Å². The van der Waals surface area contributed by atoms with Crippen LogP contribution in [0.2, 0.25) is 0 Å². The Balaban J connectivity index is 1.78. The van der Waals surface area contributed by atoms with Gasteiger partial charge in [0.05, 0.1) is 6.10 Å². The Kier molecular flexibility index (Phi) is 4.93. The maximum absolute atomic E-state index is 12.0. The lowest BCUT2D eigenvalue weighted by Crippen LogP contribution is -2.37. The molecule has 0 saturated carbocycles. The van der Waals surface area contributed by atoms with E-state index in [9.17, 15) is 4.79 Å². The quantitative estimate of drug-likeness (QED) is 0.843. The molecular formula is C15H22N2O2. The van der Waals surface area contributed by atoms with Gasteiger partial charge in [-0.3, -0.25) is 4.79 Å². The summed E-state index contributed by atoms with van der Waals surface area (Å²) in [6, 6.07) is 10.2. The van der Waals surface area contributed by atoms with Crippen LogP contribution in [0.4, 0.5) is 0 Å². The van der Waals surface area contributed by atoms with Crippen LogP contribution in [0.1, 0.15) is 31.2 Å². The lowest BCUT2D eigenvalue weighted by Gasteiger charge is -2.16. The molecule has 4 nitrogen and oxygen atoms in total. The molecule has 0 spiro atoms. The molecule has 1 aliphatic heterocycles. The molecular weight excluding hydrogens is 240 g/mol. The fraction of sp³-hybridized carbons (Fsp3) is 0.533. The zero-order valence-electron chi connectivity index (χ0n) is 11.3. The summed E-state index contributed by atoms with van der Waals surface area (Å²) in [5.74, 6) is 0.288. The Morgan fingerprint density at radius 3 is 2.79 bits per heavy atom. The molecule has 1 aromatic carbocycles. The lowest BCUT2D eigenvalue weighted by atomic mass is 10.0. The summed E-state index contributed by atoms with van der Waals surface area (Å²) in [6.07, 6.45) is 1.37. The summed E-state index contributed by atoms with van der Waals surface area (Å²) < 4.78 is 5.57. The van der Waals surface area contributed by atoms with Gasteiger partial charge in [0.1, 0.15) is 6.10 Å². The van der Waals surface area contributed by atoms with Crippen molar-refractivity contribution in [1.29, 1.82) is 0 Å². The predicted molar refractivity (Wildman–Crippen MR) is 74.8 cm³/mol. The molecule has 3 atom stereocenters. The Bertz CT molecular complexity index is 408. The first-order valence-electron chi connectivity index (χ1n) is 6.89. The first kappa shape index (κ1) is 14.0. The zero-order chi connectivity index (χ0) is 13.7. The van der Waals surface area contributed by atoms with E-state index >= 15 is 0 Å². The summed E-state index contributed by atoms with van der Waals surface area (Å²) in [5, 5.41) is 2.96. The summed E-state index contributed by atoms with van der Waals surface area (Å²) >= 11 is 0. The zero-order valence-corrected chi connectivity index (χ0v) is 11.3. The standard InChI is InChI=1S/C15H22N2O2/c1-11(12-5-3-2-4-6-12)10-17-15(18)14-8-7-13(9-16)19-14/h2-6,11,13-14H,7-10,16H2,1H3,(H,17,18)/t11?,13-,14+/m1/s1. The normalized spacial score (nSPS) is 24.1. The van der Waals surface area contributed by atoms with Gasteiger partial charge in [-0.1, -0.05) is 37.3 Å². The molecule has 0 bridgehead atoms. The van der Waals surface area contributed by atoms with Gasteiger partial charge in [-0.15, -0.1) is 0 Å². The van der Waals surface area contributed by atoms with Crippen molar-refractivity contribution in [3.8, 4) is 0 Å². The highest BCUT2D eigenvalue weighted by Crippen LogP contribution is 2.19. The molecule has 0 aliphatic carbocycles. The SMILES string of the molecule is CC(CNC(=O)[C@@H]1CC[C@H](CN)O1)c1ccccc1. The van der Waals surface area contributed by atoms with E-state index in [-0.39, 0.29) is 18.1 Å². The maximum atomic E-state index is 12.0. The third kappa shape index (κ3) is 3.78. The van der Waals surface area contributed by atoms with Crippen LogP contribution in [0.25, 0.3) is 0 Å². The number of ether oxygens (including phenoxy) is 1. The second-order valence-electron chi connectivity index (χ2n) is 5.12. The van der Waals surface area contributed by atoms with Crippen LogP contribution in [-0.2, 0) is 9.53 Å². The van der Waals surface area contributed by atoms with Gasteiger partial charge in [0.25, 0.3) is 0 Å². The summed E-state index contributed by atoms with van der Waals surface area (Å²) in [4.78, 5) is 12.0. The van der Waals surface area contributed by atoms with E-state index in [1.54, 1.807) is 0 Å². The fourth-order valence-electron chi connectivity index (χ4n) is 2.34. The third-order valence-corrected chi connectivity index (χ3v) is 3.61. The highest BCUT2D eigenvalue weighted by molar-refractivity contribution is 5.81. The van der Waals surface area contributed by atoms with Crippen molar-refractivity contribution >= 4 is 5.91 Å². The van der Waals surface area contributed by atoms with E-state index in [2.05, 4.69) is 24.4 Å². The molecule has 1 saturated heterocycles. The fourth-order valence-corrected chi connectivity index (χ4v) is 2.34. The molecule has 104 valence electrons. The van der Waals surface area contributed by atoms with E-state index in [0.29, 0.717) is 19.0 Å². The molecule has 1 unspecified atom stereocenters. The van der Waals surface area contributed by atoms with Crippen LogP contribution >= 0.6 is 0 Å². The largest absolute Gasteiger partial charge is 0.364 e. The number of carbonyl (C=O) groups is 1. The van der Waals surface area contributed by atoms with E-state index in [1.807, 2.05) is 18.2 Å². The minimum Gasteiger partial charge on any atom is -0.364 e. The smallest absolute Gasteiger partial charge is 0.249 e. The molecule has 2 rings (SSSR count). The minimum absolute atomic E-state index is 0.0151. The number of hydrogen-bond acceptors (Lipinski definition) is 3. The average Bonchev–Trinajstić information content (AvgIpc) is 2.94. The van der Waals surface area contributed by atoms with Crippen molar-refractivity contribution in [2.75, 3.05) is 13.1 Å². The maximum Gasteiger partial charge on any atom is 0.249 e. The van der Waals surface area contributed by atoms with Gasteiger partial charge in [0.15, 0.2) is 0 Å². The molecule has 1 aliphatic rings. The molecule has 1 amide bonds. The molecule has 1 fully saturated rings. The summed E-state index contributed by atoms with van der Waals surface area (Å²) in [5.41, 5.74) is 6.77. The Morgan fingerprint density at radius 2 is 2.16 bits per heavy atom. The lowest BCUT2D eigenvalue weighted by molar-refractivity contribution is -0.131. The van der Waals surface area contributed by atoms with E-state index in [0.717, 1.165) is 12.8 Å². The van der Waals surface area contributed by atoms with Crippen LogP contribution in [0.5, 0.6) is 0 Å². The van der Waals surface area contributed by atoms with Gasteiger partial charge in [-0.05, 0) is 24.3 Å². The van der Waals surface area contributed by atoms with Crippen LogP contribution in [0.15, 0.2) is 30.3 Å². The van der Waals surface area contributed by atoms with Crippen molar-refractivity contribution in [3.63, 3.8) is 0 Å². The van der Waals surface area contributed by atoms with Gasteiger partial charge in [0, 0.05) is 13.1 Å². The van der Waals surface area contributed by atoms with Crippen LogP contribution < -0.4 is 11.1 Å². The number of nitrogens with one attached hydrogen (secondary N) is 1. The predicted octanol–water partition coefficient (Wildman–Crippen LogP) is 1.41. The minimum atomic E-state index is -0.323. The van der Waals surface area contributed by atoms with Crippen LogP contribution in [0.3, 0.4) is 0 Å². The third-order valence-electron chi connectivity index (χ3n) is 3.61. The van der Waals surface area contributed by atoms with Crippen molar-refractivity contribution in [2.24, 2.45) is 5.73 Å². The molecule has 3 N–H and O–H groups in total. The van der Waals surface area contributed by atoms with Crippen molar-refractivity contribution in [1.82, 2.24) is 5.32 Å². The molecule has 4 heteroatoms. The number of rotatable bonds is 5. The number of hydrogen-bond donors (Lipinski definition) is 2. The highest BCUT2D eigenvalue weighted by atomic mass is 16.5. The monoisotopic (exact) mass is 262 g/mol. The topological polar surface area (TPSA) is 64.4 Å². The van der Waals surface area contributed by atoms with Crippen LogP contribution in [-0.4, -0.2) is 31.2 Å². The second kappa shape index (κ2) is 6.68. The molecule has 1 heterocycles. The Labute approximate surface area is 114 Å². The van der Waals surface area contributed by atoms with Gasteiger partial charge < -0.3 is 15.8 Å².